The van der Waals surface area contributed by atoms with Gasteiger partial charge in [-0.2, -0.15) is 0 Å². The molecule has 1 aromatic carbocycles. The van der Waals surface area contributed by atoms with Gasteiger partial charge in [-0.25, -0.2) is 0 Å². The molecule has 0 fully saturated rings. The molecule has 0 atom stereocenters. The van der Waals surface area contributed by atoms with E-state index in [2.05, 4.69) is 30.2 Å². The quantitative estimate of drug-likeness (QED) is 0.433. The molecule has 3 nitrogen and oxygen atoms in total. The zero-order chi connectivity index (χ0) is 9.61. The molecular weight excluding hydrogens is 242 g/mol. The standard InChI is InChI=1S/C7H8.2Na.H2O3S2/c1-7-5-3-2-4-6-7;;;1-5(2,3)4/h2-6H,1H3;;;(H2,1,2,3,4)/q;2*+1;/p-2. The molecule has 1 rings (SSSR count). The minimum atomic E-state index is -4.33. The Labute approximate surface area is 134 Å². The summed E-state index contributed by atoms with van der Waals surface area (Å²) in [5.74, 6) is 0. The van der Waals surface area contributed by atoms with Crippen LogP contribution < -0.4 is 59.1 Å². The maximum absolute atomic E-state index is 8.89. The van der Waals surface area contributed by atoms with E-state index in [4.69, 9.17) is 13.3 Å². The molecule has 0 saturated carbocycles. The van der Waals surface area contributed by atoms with Gasteiger partial charge in [-0.3, -0.25) is 4.21 Å². The van der Waals surface area contributed by atoms with Crippen LogP contribution in [0.3, 0.4) is 0 Å². The van der Waals surface area contributed by atoms with E-state index in [9.17, 15) is 0 Å². The summed E-state index contributed by atoms with van der Waals surface area (Å²) in [6, 6.07) is 10.3. The molecule has 0 aliphatic heterocycles. The van der Waals surface area contributed by atoms with Gasteiger partial charge in [0.25, 0.3) is 0 Å². The van der Waals surface area contributed by atoms with Crippen LogP contribution >= 0.6 is 0 Å². The zero-order valence-corrected chi connectivity index (χ0v) is 14.1. The van der Waals surface area contributed by atoms with Crippen LogP contribution in [0.5, 0.6) is 0 Å². The van der Waals surface area contributed by atoms with Gasteiger partial charge in [-0.1, -0.05) is 35.9 Å². The van der Waals surface area contributed by atoms with Gasteiger partial charge in [-0.15, -0.1) is 9.05 Å². The van der Waals surface area contributed by atoms with Crippen molar-refractivity contribution in [2.24, 2.45) is 0 Å². The Morgan fingerprint density at radius 3 is 1.57 bits per heavy atom. The Balaban J connectivity index is -0.000000159. The molecule has 0 aliphatic carbocycles. The summed E-state index contributed by atoms with van der Waals surface area (Å²) in [7, 11) is -4.33. The maximum Gasteiger partial charge on any atom is 1.00 e. The van der Waals surface area contributed by atoms with E-state index in [1.807, 2.05) is 18.2 Å². The Bertz CT molecular complexity index is 305. The first-order valence-electron chi connectivity index (χ1n) is 3.08. The van der Waals surface area contributed by atoms with E-state index in [-0.39, 0.29) is 59.1 Å². The third-order valence-electron chi connectivity index (χ3n) is 0.940. The van der Waals surface area contributed by atoms with Crippen LogP contribution in [0.4, 0.5) is 0 Å². The molecule has 0 amide bonds. The number of hydrogen-bond acceptors (Lipinski definition) is 4. The molecule has 0 aromatic heterocycles. The van der Waals surface area contributed by atoms with E-state index in [1.54, 1.807) is 0 Å². The average molecular weight is 250 g/mol. The van der Waals surface area contributed by atoms with Gasteiger partial charge in [0.05, 0.1) is 0 Å². The first-order chi connectivity index (χ1) is 5.39. The van der Waals surface area contributed by atoms with Crippen molar-refractivity contribution in [1.29, 1.82) is 0 Å². The maximum atomic E-state index is 8.89. The second-order valence-corrected chi connectivity index (χ2v) is 4.10. The van der Waals surface area contributed by atoms with Crippen molar-refractivity contribution in [2.75, 3.05) is 0 Å². The Morgan fingerprint density at radius 2 is 1.43 bits per heavy atom. The van der Waals surface area contributed by atoms with Gasteiger partial charge in [-0.05, 0) is 18.1 Å². The predicted molar refractivity (Wildman–Crippen MR) is 48.2 cm³/mol. The molecule has 0 aliphatic rings. The molecule has 0 unspecified atom stereocenters. The molecule has 7 heteroatoms. The smallest absolute Gasteiger partial charge is 0.780 e. The zero-order valence-electron chi connectivity index (χ0n) is 8.43. The van der Waals surface area contributed by atoms with Crippen molar-refractivity contribution in [3.63, 3.8) is 0 Å². The van der Waals surface area contributed by atoms with E-state index in [0.29, 0.717) is 0 Å². The second kappa shape index (κ2) is 11.0. The number of aryl methyl sites for hydroxylation is 1. The summed E-state index contributed by atoms with van der Waals surface area (Å²) in [4.78, 5) is 0. The summed E-state index contributed by atoms with van der Waals surface area (Å²) >= 11 is 3.24. The average Bonchev–Trinajstić information content (AvgIpc) is 1.85. The fraction of sp³-hybridized carbons (Fsp3) is 0.143. The molecule has 14 heavy (non-hydrogen) atoms. The van der Waals surface area contributed by atoms with E-state index < -0.39 is 9.05 Å². The van der Waals surface area contributed by atoms with Crippen LogP contribution in [0.25, 0.3) is 0 Å². The van der Waals surface area contributed by atoms with Gasteiger partial charge in [0.2, 0.25) is 0 Å². The SMILES string of the molecule is Cc1ccccc1.O=S([O-])([O-])=S.[Na+].[Na+]. The van der Waals surface area contributed by atoms with Gasteiger partial charge in [0.15, 0.2) is 0 Å². The molecule has 0 radical (unpaired) electrons. The molecule has 0 bridgehead atoms. The van der Waals surface area contributed by atoms with Gasteiger partial charge in [0, 0.05) is 0 Å². The largest absolute Gasteiger partial charge is 1.00 e. The molecule has 0 spiro atoms. The Morgan fingerprint density at radius 1 is 1.14 bits per heavy atom. The summed E-state index contributed by atoms with van der Waals surface area (Å²) in [5.41, 5.74) is 1.32. The van der Waals surface area contributed by atoms with Crippen LogP contribution in [0, 0.1) is 6.92 Å². The van der Waals surface area contributed by atoms with Crippen molar-refractivity contribution in [3.05, 3.63) is 35.9 Å². The molecule has 68 valence electrons. The summed E-state index contributed by atoms with van der Waals surface area (Å²) in [6.45, 7) is 2.08. The minimum Gasteiger partial charge on any atom is -0.780 e. The predicted octanol–water partition coefficient (Wildman–Crippen LogP) is -5.00. The number of rotatable bonds is 0. The van der Waals surface area contributed by atoms with Crippen LogP contribution in [-0.4, -0.2) is 13.3 Å². The van der Waals surface area contributed by atoms with Crippen LogP contribution in [-0.2, 0) is 20.2 Å². The van der Waals surface area contributed by atoms with Gasteiger partial charge < -0.3 is 9.11 Å². The van der Waals surface area contributed by atoms with Gasteiger partial charge >= 0.3 is 59.1 Å². The van der Waals surface area contributed by atoms with E-state index in [0.717, 1.165) is 0 Å². The Hall–Kier alpha value is 1.51. The van der Waals surface area contributed by atoms with Crippen molar-refractivity contribution < 1.29 is 72.4 Å². The molecule has 1 aromatic rings. The monoisotopic (exact) mass is 250 g/mol. The fourth-order valence-electron chi connectivity index (χ4n) is 0.534. The molecule has 0 heterocycles. The van der Waals surface area contributed by atoms with Crippen molar-refractivity contribution >= 4 is 20.2 Å². The second-order valence-electron chi connectivity index (χ2n) is 2.06. The Kier molecular flexibility index (Phi) is 16.4. The fourth-order valence-corrected chi connectivity index (χ4v) is 0.534. The van der Waals surface area contributed by atoms with Crippen LogP contribution in [0.1, 0.15) is 5.56 Å². The summed E-state index contributed by atoms with van der Waals surface area (Å²) in [5, 5.41) is 0. The molecule has 0 N–H and O–H groups in total. The van der Waals surface area contributed by atoms with Crippen LogP contribution in [0.2, 0.25) is 0 Å². The van der Waals surface area contributed by atoms with Gasteiger partial charge in [0.1, 0.15) is 0 Å². The third-order valence-corrected chi connectivity index (χ3v) is 0.940. The van der Waals surface area contributed by atoms with Crippen molar-refractivity contribution in [3.8, 4) is 0 Å². The topological polar surface area (TPSA) is 63.2 Å². The van der Waals surface area contributed by atoms with Crippen LogP contribution in [0.15, 0.2) is 30.3 Å². The summed E-state index contributed by atoms with van der Waals surface area (Å²) in [6.07, 6.45) is 0. The normalized spacial score (nSPS) is 8.50. The third kappa shape index (κ3) is 23.4. The molecule has 0 saturated heterocycles. The van der Waals surface area contributed by atoms with Crippen molar-refractivity contribution in [2.45, 2.75) is 6.92 Å². The summed E-state index contributed by atoms with van der Waals surface area (Å²) < 4.78 is 26.7. The number of benzene rings is 1. The minimum absolute atomic E-state index is 0. The first kappa shape index (κ1) is 20.9. The van der Waals surface area contributed by atoms with Crippen molar-refractivity contribution in [1.82, 2.24) is 0 Å². The first-order valence-corrected chi connectivity index (χ1v) is 5.41. The number of hydrogen-bond donors (Lipinski definition) is 0. The molecular formula is C7H8Na2O3S2. The van der Waals surface area contributed by atoms with E-state index in [1.165, 1.54) is 5.56 Å². The van der Waals surface area contributed by atoms with E-state index >= 15 is 0 Å².